The number of carboxylic acid groups (broad SMARTS) is 1. The number of rotatable bonds is 8. The van der Waals surface area contributed by atoms with Crippen molar-refractivity contribution in [2.75, 3.05) is 19.6 Å². The number of aromatic carboxylic acids is 1. The first kappa shape index (κ1) is 27.6. The highest BCUT2D eigenvalue weighted by Gasteiger charge is 2.46. The second-order valence-electron chi connectivity index (χ2n) is 11.4. The lowest BCUT2D eigenvalue weighted by Crippen LogP contribution is -2.45. The molecule has 1 aliphatic carbocycles. The highest BCUT2D eigenvalue weighted by molar-refractivity contribution is 5.87. The molecule has 1 N–H and O–H groups in total. The number of nitrogens with zero attached hydrogens (tertiary/aromatic N) is 2. The Balaban J connectivity index is 1.30. The van der Waals surface area contributed by atoms with Gasteiger partial charge in [-0.3, -0.25) is 4.79 Å². The number of hydrogen-bond acceptors (Lipinski definition) is 4. The van der Waals surface area contributed by atoms with E-state index >= 15 is 0 Å². The summed E-state index contributed by atoms with van der Waals surface area (Å²) in [6.07, 6.45) is 3.08. The Kier molecular flexibility index (Phi) is 8.38. The molecule has 2 amide bonds. The van der Waals surface area contributed by atoms with Gasteiger partial charge in [0.1, 0.15) is 11.4 Å². The second kappa shape index (κ2) is 11.5. The number of carbonyl (C=O) groups is 3. The number of ether oxygens (including phenoxy) is 1. The first-order valence-electron chi connectivity index (χ1n) is 13.4. The van der Waals surface area contributed by atoms with Gasteiger partial charge in [0.15, 0.2) is 0 Å². The zero-order valence-electron chi connectivity index (χ0n) is 22.4. The minimum atomic E-state index is -0.964. The average molecular weight is 525 g/mol. The zero-order valence-corrected chi connectivity index (χ0v) is 22.4. The van der Waals surface area contributed by atoms with Gasteiger partial charge in [-0.05, 0) is 87.8 Å². The van der Waals surface area contributed by atoms with Crippen LogP contribution in [0.5, 0.6) is 0 Å². The highest BCUT2D eigenvalue weighted by atomic mass is 19.1. The van der Waals surface area contributed by atoms with Crippen molar-refractivity contribution < 1.29 is 28.6 Å². The van der Waals surface area contributed by atoms with Crippen LogP contribution >= 0.6 is 0 Å². The molecule has 0 bridgehead atoms. The van der Waals surface area contributed by atoms with E-state index in [1.54, 1.807) is 36.4 Å². The Morgan fingerprint density at radius 3 is 2.24 bits per heavy atom. The summed E-state index contributed by atoms with van der Waals surface area (Å²) in [4.78, 5) is 40.7. The van der Waals surface area contributed by atoms with Crippen molar-refractivity contribution in [3.8, 4) is 0 Å². The molecular formula is C30H37FN2O5. The van der Waals surface area contributed by atoms with Gasteiger partial charge in [0, 0.05) is 38.0 Å². The minimum absolute atomic E-state index is 0.0301. The van der Waals surface area contributed by atoms with E-state index in [2.05, 4.69) is 0 Å². The zero-order chi connectivity index (χ0) is 27.4. The van der Waals surface area contributed by atoms with Crippen LogP contribution in [0.2, 0.25) is 0 Å². The van der Waals surface area contributed by atoms with Gasteiger partial charge in [0.25, 0.3) is 0 Å². The van der Waals surface area contributed by atoms with Gasteiger partial charge in [-0.15, -0.1) is 0 Å². The van der Waals surface area contributed by atoms with E-state index in [1.165, 1.54) is 12.1 Å². The first-order valence-corrected chi connectivity index (χ1v) is 13.4. The molecular weight excluding hydrogens is 487 g/mol. The Labute approximate surface area is 223 Å². The summed E-state index contributed by atoms with van der Waals surface area (Å²) in [6, 6.07) is 13.2. The molecule has 38 heavy (non-hydrogen) atoms. The molecule has 8 heteroatoms. The molecule has 2 aromatic carbocycles. The van der Waals surface area contributed by atoms with Crippen molar-refractivity contribution in [2.24, 2.45) is 5.92 Å². The molecule has 1 saturated carbocycles. The number of benzene rings is 2. The van der Waals surface area contributed by atoms with Crippen LogP contribution in [0.25, 0.3) is 0 Å². The van der Waals surface area contributed by atoms with Gasteiger partial charge in [0.2, 0.25) is 5.91 Å². The molecule has 2 unspecified atom stereocenters. The molecule has 4 rings (SSSR count). The van der Waals surface area contributed by atoms with Crippen LogP contribution in [0, 0.1) is 11.7 Å². The van der Waals surface area contributed by atoms with Crippen LogP contribution in [-0.2, 0) is 16.0 Å². The number of likely N-dealkylation sites (tertiary alicyclic amines) is 1. The highest BCUT2D eigenvalue weighted by Crippen LogP contribution is 2.45. The molecule has 2 atom stereocenters. The smallest absolute Gasteiger partial charge is 0.410 e. The number of carboxylic acids is 1. The average Bonchev–Trinajstić information content (AvgIpc) is 3.66. The molecule has 0 spiro atoms. The number of piperidine rings is 1. The summed E-state index contributed by atoms with van der Waals surface area (Å²) >= 11 is 0. The topological polar surface area (TPSA) is 87.2 Å². The van der Waals surface area contributed by atoms with Crippen molar-refractivity contribution in [3.05, 3.63) is 71.0 Å². The molecule has 204 valence electrons. The maximum absolute atomic E-state index is 13.4. The Morgan fingerprint density at radius 2 is 1.66 bits per heavy atom. The number of hydrogen-bond donors (Lipinski definition) is 1. The Hall–Kier alpha value is -3.42. The van der Waals surface area contributed by atoms with Crippen LogP contribution in [-0.4, -0.2) is 64.2 Å². The molecule has 2 aliphatic rings. The quantitative estimate of drug-likeness (QED) is 0.494. The van der Waals surface area contributed by atoms with Crippen molar-refractivity contribution in [2.45, 2.75) is 70.4 Å². The van der Waals surface area contributed by atoms with E-state index in [4.69, 9.17) is 9.84 Å². The SMILES string of the molecule is CC(C)(C)OC(=O)N(CC1CCN(C(=O)CCc2ccc(C(=O)O)cc2)CC1)C1CC1c1ccc(F)cc1. The number of amides is 2. The molecule has 0 aromatic heterocycles. The van der Waals surface area contributed by atoms with Crippen molar-refractivity contribution in [3.63, 3.8) is 0 Å². The maximum Gasteiger partial charge on any atom is 0.410 e. The van der Waals surface area contributed by atoms with Crippen LogP contribution in [0.1, 0.15) is 73.9 Å². The standard InChI is InChI=1S/C30H37FN2O5/c1-30(2,3)38-29(37)33(26-18-25(26)22-9-11-24(31)12-10-22)19-21-14-16-32(17-15-21)27(34)13-6-20-4-7-23(8-5-20)28(35)36/h4-5,7-12,21,25-26H,6,13-19H2,1-3H3,(H,35,36). The van der Waals surface area contributed by atoms with E-state index in [1.807, 2.05) is 30.6 Å². The van der Waals surface area contributed by atoms with E-state index in [0.29, 0.717) is 32.5 Å². The van der Waals surface area contributed by atoms with Gasteiger partial charge >= 0.3 is 12.1 Å². The fraction of sp³-hybridized carbons (Fsp3) is 0.500. The summed E-state index contributed by atoms with van der Waals surface area (Å²) < 4.78 is 19.1. The minimum Gasteiger partial charge on any atom is -0.478 e. The molecule has 2 fully saturated rings. The van der Waals surface area contributed by atoms with Crippen molar-refractivity contribution in [1.29, 1.82) is 0 Å². The van der Waals surface area contributed by atoms with E-state index in [0.717, 1.165) is 30.4 Å². The summed E-state index contributed by atoms with van der Waals surface area (Å²) in [5.74, 6) is -0.701. The first-order chi connectivity index (χ1) is 18.0. The largest absolute Gasteiger partial charge is 0.478 e. The Morgan fingerprint density at radius 1 is 1.03 bits per heavy atom. The fourth-order valence-corrected chi connectivity index (χ4v) is 5.13. The number of carbonyl (C=O) groups excluding carboxylic acids is 2. The summed E-state index contributed by atoms with van der Waals surface area (Å²) in [6.45, 7) is 7.45. The predicted molar refractivity (Wildman–Crippen MR) is 142 cm³/mol. The normalized spacial score (nSPS) is 19.6. The summed E-state index contributed by atoms with van der Waals surface area (Å²) in [5, 5.41) is 9.03. The van der Waals surface area contributed by atoms with Gasteiger partial charge in [-0.2, -0.15) is 0 Å². The van der Waals surface area contributed by atoms with Crippen molar-refractivity contribution in [1.82, 2.24) is 9.80 Å². The number of aryl methyl sites for hydroxylation is 1. The van der Waals surface area contributed by atoms with Crippen LogP contribution in [0.15, 0.2) is 48.5 Å². The van der Waals surface area contributed by atoms with E-state index in [-0.39, 0.29) is 41.3 Å². The van der Waals surface area contributed by atoms with Gasteiger partial charge in [0.05, 0.1) is 5.56 Å². The van der Waals surface area contributed by atoms with Crippen LogP contribution < -0.4 is 0 Å². The maximum atomic E-state index is 13.4. The lowest BCUT2D eigenvalue weighted by molar-refractivity contribution is -0.132. The van der Waals surface area contributed by atoms with Crippen LogP contribution in [0.4, 0.5) is 9.18 Å². The summed E-state index contributed by atoms with van der Waals surface area (Å²) in [5.41, 5.74) is 1.60. The van der Waals surface area contributed by atoms with E-state index < -0.39 is 11.6 Å². The third-order valence-corrected chi connectivity index (χ3v) is 7.33. The number of halogens is 1. The van der Waals surface area contributed by atoms with Gasteiger partial charge in [-0.1, -0.05) is 24.3 Å². The third-order valence-electron chi connectivity index (χ3n) is 7.33. The molecule has 1 aliphatic heterocycles. The van der Waals surface area contributed by atoms with Crippen LogP contribution in [0.3, 0.4) is 0 Å². The fourth-order valence-electron chi connectivity index (χ4n) is 5.13. The monoisotopic (exact) mass is 524 g/mol. The van der Waals surface area contributed by atoms with E-state index in [9.17, 15) is 18.8 Å². The lowest BCUT2D eigenvalue weighted by Gasteiger charge is -2.36. The van der Waals surface area contributed by atoms with Crippen molar-refractivity contribution >= 4 is 18.0 Å². The lowest BCUT2D eigenvalue weighted by atomic mass is 9.95. The van der Waals surface area contributed by atoms with Gasteiger partial charge < -0.3 is 19.6 Å². The second-order valence-corrected chi connectivity index (χ2v) is 11.4. The molecule has 1 heterocycles. The summed E-state index contributed by atoms with van der Waals surface area (Å²) in [7, 11) is 0. The molecule has 1 saturated heterocycles. The molecule has 0 radical (unpaired) electrons. The van der Waals surface area contributed by atoms with Gasteiger partial charge in [-0.25, -0.2) is 14.0 Å². The third kappa shape index (κ3) is 7.33. The molecule has 2 aromatic rings. The molecule has 7 nitrogen and oxygen atoms in total. The Bertz CT molecular complexity index is 1130. The predicted octanol–water partition coefficient (Wildman–Crippen LogP) is 5.49.